The molecule has 1 heterocycles. The van der Waals surface area contributed by atoms with E-state index >= 15 is 0 Å². The van der Waals surface area contributed by atoms with Crippen molar-refractivity contribution in [3.8, 4) is 0 Å². The summed E-state index contributed by atoms with van der Waals surface area (Å²) in [6.07, 6.45) is 5.71. The van der Waals surface area contributed by atoms with E-state index < -0.39 is 22.0 Å². The molecule has 0 aromatic carbocycles. The molecule has 1 aliphatic carbocycles. The number of carbonyl (C=O) groups excluding carboxylic acids is 2. The molecule has 1 saturated carbocycles. The SMILES string of the molecule is CCN1C(=O)C(=CSC2CCCCC2)C(=O)N(CC)S1(=O)=O. The van der Waals surface area contributed by atoms with Gasteiger partial charge < -0.3 is 0 Å². The maximum Gasteiger partial charge on any atom is 0.331 e. The Hall–Kier alpha value is -1.02. The van der Waals surface area contributed by atoms with Crippen molar-refractivity contribution in [1.82, 2.24) is 8.61 Å². The third-order valence-corrected chi connectivity index (χ3v) is 7.17. The first-order chi connectivity index (χ1) is 10.4. The van der Waals surface area contributed by atoms with Gasteiger partial charge in [-0.25, -0.2) is 8.61 Å². The van der Waals surface area contributed by atoms with E-state index in [2.05, 4.69) is 0 Å². The van der Waals surface area contributed by atoms with Crippen LogP contribution in [-0.2, 0) is 19.8 Å². The highest BCUT2D eigenvalue weighted by molar-refractivity contribution is 8.02. The molecule has 1 aliphatic heterocycles. The van der Waals surface area contributed by atoms with Gasteiger partial charge in [-0.05, 0) is 32.1 Å². The molecule has 0 atom stereocenters. The van der Waals surface area contributed by atoms with E-state index in [1.54, 1.807) is 19.3 Å². The van der Waals surface area contributed by atoms with Crippen LogP contribution in [0.4, 0.5) is 0 Å². The first-order valence-electron chi connectivity index (χ1n) is 7.68. The lowest BCUT2D eigenvalue weighted by atomic mass is 10.0. The Balaban J connectivity index is 2.25. The molecule has 0 radical (unpaired) electrons. The average molecular weight is 346 g/mol. The summed E-state index contributed by atoms with van der Waals surface area (Å²) in [6, 6.07) is 0. The minimum Gasteiger partial charge on any atom is -0.268 e. The summed E-state index contributed by atoms with van der Waals surface area (Å²) in [5, 5.41) is 1.98. The molecule has 2 fully saturated rings. The van der Waals surface area contributed by atoms with Gasteiger partial charge in [0, 0.05) is 18.3 Å². The van der Waals surface area contributed by atoms with E-state index in [9.17, 15) is 18.0 Å². The maximum absolute atomic E-state index is 12.3. The number of hydrogen-bond acceptors (Lipinski definition) is 5. The van der Waals surface area contributed by atoms with Crippen molar-refractivity contribution in [3.63, 3.8) is 0 Å². The highest BCUT2D eigenvalue weighted by Crippen LogP contribution is 2.31. The Labute approximate surface area is 136 Å². The van der Waals surface area contributed by atoms with Crippen molar-refractivity contribution in [2.24, 2.45) is 0 Å². The molecule has 2 rings (SSSR count). The summed E-state index contributed by atoms with van der Waals surface area (Å²) in [6.45, 7) is 3.22. The zero-order valence-electron chi connectivity index (χ0n) is 12.9. The normalized spacial score (nSPS) is 23.1. The van der Waals surface area contributed by atoms with E-state index in [1.807, 2.05) is 0 Å². The zero-order chi connectivity index (χ0) is 16.3. The summed E-state index contributed by atoms with van der Waals surface area (Å²) >= 11 is 1.48. The summed E-state index contributed by atoms with van der Waals surface area (Å²) in [7, 11) is -4.02. The zero-order valence-corrected chi connectivity index (χ0v) is 14.6. The molecule has 124 valence electrons. The highest BCUT2D eigenvalue weighted by atomic mass is 32.2. The minimum atomic E-state index is -4.02. The van der Waals surface area contributed by atoms with Gasteiger partial charge >= 0.3 is 10.2 Å². The van der Waals surface area contributed by atoms with Crippen LogP contribution in [0.3, 0.4) is 0 Å². The molecule has 8 heteroatoms. The van der Waals surface area contributed by atoms with E-state index in [1.165, 1.54) is 31.0 Å². The van der Waals surface area contributed by atoms with Crippen molar-refractivity contribution in [1.29, 1.82) is 0 Å². The summed E-state index contributed by atoms with van der Waals surface area (Å²) in [5.74, 6) is -1.42. The van der Waals surface area contributed by atoms with Crippen LogP contribution in [0.5, 0.6) is 0 Å². The topological polar surface area (TPSA) is 74.8 Å². The van der Waals surface area contributed by atoms with Gasteiger partial charge in [-0.2, -0.15) is 8.42 Å². The van der Waals surface area contributed by atoms with Crippen molar-refractivity contribution >= 4 is 33.8 Å². The van der Waals surface area contributed by atoms with Gasteiger partial charge in [0.05, 0.1) is 0 Å². The molecular formula is C14H22N2O4S2. The molecule has 0 unspecified atom stereocenters. The van der Waals surface area contributed by atoms with Gasteiger partial charge in [0.15, 0.2) is 0 Å². The van der Waals surface area contributed by atoms with E-state index in [-0.39, 0.29) is 18.7 Å². The Kier molecular flexibility index (Phi) is 5.55. The second kappa shape index (κ2) is 7.04. The largest absolute Gasteiger partial charge is 0.331 e. The van der Waals surface area contributed by atoms with Crippen LogP contribution >= 0.6 is 11.8 Å². The molecule has 6 nitrogen and oxygen atoms in total. The number of amides is 2. The van der Waals surface area contributed by atoms with Gasteiger partial charge in [0.25, 0.3) is 11.8 Å². The molecule has 0 spiro atoms. The Morgan fingerprint density at radius 1 is 1.05 bits per heavy atom. The molecule has 1 saturated heterocycles. The molecule has 2 aliphatic rings. The molecular weight excluding hydrogens is 324 g/mol. The fourth-order valence-electron chi connectivity index (χ4n) is 2.77. The van der Waals surface area contributed by atoms with Crippen LogP contribution in [0, 0.1) is 0 Å². The minimum absolute atomic E-state index is 0.0242. The number of thioether (sulfide) groups is 1. The van der Waals surface area contributed by atoms with E-state index in [4.69, 9.17) is 0 Å². The Bertz CT molecular complexity index is 548. The van der Waals surface area contributed by atoms with Gasteiger partial charge in [-0.15, -0.1) is 11.8 Å². The van der Waals surface area contributed by atoms with Crippen molar-refractivity contribution in [2.45, 2.75) is 51.2 Å². The average Bonchev–Trinajstić information content (AvgIpc) is 2.48. The molecule has 0 aromatic rings. The fourth-order valence-corrected chi connectivity index (χ4v) is 5.41. The maximum atomic E-state index is 12.3. The van der Waals surface area contributed by atoms with Gasteiger partial charge in [-0.3, -0.25) is 9.59 Å². The Morgan fingerprint density at radius 2 is 1.55 bits per heavy atom. The number of nitrogens with zero attached hydrogens (tertiary/aromatic N) is 2. The standard InChI is InChI=1S/C14H22N2O4S2/c1-3-15-13(17)12(10-21-11-8-6-5-7-9-11)14(18)16(4-2)22(15,19)20/h10-11H,3-9H2,1-2H3. The number of carbonyl (C=O) groups is 2. The van der Waals surface area contributed by atoms with Gasteiger partial charge in [-0.1, -0.05) is 19.3 Å². The van der Waals surface area contributed by atoms with Crippen molar-refractivity contribution in [2.75, 3.05) is 13.1 Å². The fraction of sp³-hybridized carbons (Fsp3) is 0.714. The summed E-state index contributed by atoms with van der Waals surface area (Å²) in [4.78, 5) is 24.7. The lowest BCUT2D eigenvalue weighted by Gasteiger charge is -2.34. The number of hydrogen-bond donors (Lipinski definition) is 0. The predicted octanol–water partition coefficient (Wildman–Crippen LogP) is 1.89. The van der Waals surface area contributed by atoms with Crippen LogP contribution in [0.15, 0.2) is 11.0 Å². The smallest absolute Gasteiger partial charge is 0.268 e. The summed E-state index contributed by atoms with van der Waals surface area (Å²) in [5.41, 5.74) is -0.0332. The van der Waals surface area contributed by atoms with Gasteiger partial charge in [0.1, 0.15) is 5.57 Å². The highest BCUT2D eigenvalue weighted by Gasteiger charge is 2.45. The second-order valence-electron chi connectivity index (χ2n) is 5.38. The summed E-state index contributed by atoms with van der Waals surface area (Å²) < 4.78 is 26.0. The van der Waals surface area contributed by atoms with Crippen LogP contribution < -0.4 is 0 Å². The van der Waals surface area contributed by atoms with Crippen molar-refractivity contribution in [3.05, 3.63) is 11.0 Å². The molecule has 0 aromatic heterocycles. The van der Waals surface area contributed by atoms with Gasteiger partial charge in [0.2, 0.25) is 0 Å². The second-order valence-corrected chi connectivity index (χ2v) is 8.33. The molecule has 2 amide bonds. The van der Waals surface area contributed by atoms with E-state index in [0.717, 1.165) is 21.5 Å². The van der Waals surface area contributed by atoms with Crippen LogP contribution in [0.25, 0.3) is 0 Å². The first-order valence-corrected chi connectivity index (χ1v) is 10.0. The first kappa shape index (κ1) is 17.3. The van der Waals surface area contributed by atoms with Crippen LogP contribution in [0.2, 0.25) is 0 Å². The molecule has 0 bridgehead atoms. The lowest BCUT2D eigenvalue weighted by molar-refractivity contribution is -0.131. The van der Waals surface area contributed by atoms with Crippen molar-refractivity contribution < 1.29 is 18.0 Å². The number of likely N-dealkylation sites (N-methyl/N-ethyl adjacent to an activating group) is 2. The third kappa shape index (κ3) is 3.17. The Morgan fingerprint density at radius 3 is 2.00 bits per heavy atom. The predicted molar refractivity (Wildman–Crippen MR) is 86.2 cm³/mol. The lowest BCUT2D eigenvalue weighted by Crippen LogP contribution is -2.56. The van der Waals surface area contributed by atoms with E-state index in [0.29, 0.717) is 5.25 Å². The van der Waals surface area contributed by atoms with Crippen LogP contribution in [-0.4, -0.2) is 47.2 Å². The van der Waals surface area contributed by atoms with Crippen LogP contribution in [0.1, 0.15) is 46.0 Å². The quantitative estimate of drug-likeness (QED) is 0.574. The monoisotopic (exact) mass is 346 g/mol. The molecule has 22 heavy (non-hydrogen) atoms. The third-order valence-electron chi connectivity index (χ3n) is 3.98. The number of rotatable bonds is 4. The molecule has 0 N–H and O–H groups in total.